The number of hydrogen-bond acceptors (Lipinski definition) is 5. The molecule has 172 valence electrons. The lowest BCUT2D eigenvalue weighted by Crippen LogP contribution is -2.45. The largest absolute Gasteiger partial charge is 0.440 e. The van der Waals surface area contributed by atoms with Gasteiger partial charge in [-0.1, -0.05) is 6.08 Å². The van der Waals surface area contributed by atoms with Crippen molar-refractivity contribution >= 4 is 23.5 Å². The number of aromatic nitrogens is 2. The molecule has 32 heavy (non-hydrogen) atoms. The Morgan fingerprint density at radius 1 is 1.31 bits per heavy atom. The first-order chi connectivity index (χ1) is 15.1. The zero-order chi connectivity index (χ0) is 23.5. The summed E-state index contributed by atoms with van der Waals surface area (Å²) in [4.78, 5) is 25.2. The monoisotopic (exact) mass is 455 g/mol. The molecule has 3 N–H and O–H groups in total. The van der Waals surface area contributed by atoms with Crippen LogP contribution in [0, 0.1) is 11.7 Å². The fourth-order valence-electron chi connectivity index (χ4n) is 3.41. The Hall–Kier alpha value is -3.57. The summed E-state index contributed by atoms with van der Waals surface area (Å²) in [6.45, 7) is 2.25. The minimum atomic E-state index is -4.63. The minimum Gasteiger partial charge on any atom is -0.440 e. The number of amides is 2. The molecule has 2 amide bonds. The van der Waals surface area contributed by atoms with Crippen LogP contribution in [0.2, 0.25) is 0 Å². The second kappa shape index (κ2) is 9.28. The van der Waals surface area contributed by atoms with Gasteiger partial charge in [0.15, 0.2) is 12.4 Å². The van der Waals surface area contributed by atoms with Crippen LogP contribution in [0.4, 0.5) is 33.9 Å². The maximum Gasteiger partial charge on any atom is 0.422 e. The van der Waals surface area contributed by atoms with E-state index in [-0.39, 0.29) is 30.4 Å². The smallest absolute Gasteiger partial charge is 0.422 e. The molecule has 12 heteroatoms. The summed E-state index contributed by atoms with van der Waals surface area (Å²) in [6.07, 6.45) is -2.28. The van der Waals surface area contributed by atoms with E-state index in [2.05, 4.69) is 21.7 Å². The van der Waals surface area contributed by atoms with Gasteiger partial charge in [-0.15, -0.1) is 6.58 Å². The summed E-state index contributed by atoms with van der Waals surface area (Å²) >= 11 is 0. The Balaban J connectivity index is 1.83. The van der Waals surface area contributed by atoms with Crippen molar-refractivity contribution in [3.63, 3.8) is 0 Å². The second-order valence-electron chi connectivity index (χ2n) is 7.24. The molecule has 0 spiro atoms. The summed E-state index contributed by atoms with van der Waals surface area (Å²) in [6, 6.07) is 4.82. The first-order valence-corrected chi connectivity index (χ1v) is 9.60. The van der Waals surface area contributed by atoms with Crippen molar-refractivity contribution in [2.24, 2.45) is 11.7 Å². The Morgan fingerprint density at radius 3 is 2.59 bits per heavy atom. The quantitative estimate of drug-likeness (QED) is 0.512. The number of anilines is 2. The van der Waals surface area contributed by atoms with Crippen LogP contribution >= 0.6 is 0 Å². The highest BCUT2D eigenvalue weighted by Gasteiger charge is 2.35. The van der Waals surface area contributed by atoms with Crippen molar-refractivity contribution in [2.75, 3.05) is 25.0 Å². The molecule has 0 aliphatic carbocycles. The molecule has 1 aromatic carbocycles. The summed E-state index contributed by atoms with van der Waals surface area (Å²) in [5.41, 5.74) is 5.96. The van der Waals surface area contributed by atoms with Crippen molar-refractivity contribution < 1.29 is 31.9 Å². The molecular weight excluding hydrogens is 434 g/mol. The van der Waals surface area contributed by atoms with Gasteiger partial charge in [-0.3, -0.25) is 9.48 Å². The van der Waals surface area contributed by atoms with Gasteiger partial charge in [0.1, 0.15) is 11.4 Å². The van der Waals surface area contributed by atoms with Crippen molar-refractivity contribution in [2.45, 2.75) is 18.6 Å². The number of likely N-dealkylation sites (tertiary alicyclic amines) is 1. The van der Waals surface area contributed by atoms with E-state index in [9.17, 15) is 27.2 Å². The number of nitrogens with one attached hydrogen (secondary N) is 1. The molecule has 2 heterocycles. The first kappa shape index (κ1) is 23.1. The summed E-state index contributed by atoms with van der Waals surface area (Å²) in [5.74, 6) is -1.28. The van der Waals surface area contributed by atoms with E-state index in [1.54, 1.807) is 6.08 Å². The van der Waals surface area contributed by atoms with Crippen LogP contribution in [0.25, 0.3) is 0 Å². The Bertz CT molecular complexity index is 990. The number of alkyl halides is 3. The maximum atomic E-state index is 13.1. The number of nitrogens with zero attached hydrogens (tertiary/aromatic N) is 3. The fraction of sp³-hybridized carbons (Fsp3) is 0.350. The molecule has 1 aliphatic rings. The molecule has 8 nitrogen and oxygen atoms in total. The zero-order valence-electron chi connectivity index (χ0n) is 16.8. The van der Waals surface area contributed by atoms with Gasteiger partial charge >= 0.3 is 12.3 Å². The number of allylic oxidation sites excluding steroid dienone is 1. The van der Waals surface area contributed by atoms with E-state index in [0.717, 1.165) is 4.90 Å². The molecular formula is C20H21F4N5O3. The van der Waals surface area contributed by atoms with Crippen LogP contribution in [0.1, 0.15) is 22.8 Å². The topological polar surface area (TPSA) is 102 Å². The van der Waals surface area contributed by atoms with Crippen molar-refractivity contribution in [1.82, 2.24) is 14.7 Å². The van der Waals surface area contributed by atoms with Gasteiger partial charge < -0.3 is 20.7 Å². The van der Waals surface area contributed by atoms with Gasteiger partial charge in [-0.05, 0) is 30.7 Å². The predicted octanol–water partition coefficient (Wildman–Crippen LogP) is 3.61. The lowest BCUT2D eigenvalue weighted by Gasteiger charge is -2.36. The lowest BCUT2D eigenvalue weighted by atomic mass is 9.92. The van der Waals surface area contributed by atoms with Gasteiger partial charge in [0.25, 0.3) is 5.91 Å². The van der Waals surface area contributed by atoms with Gasteiger partial charge in [0.05, 0.1) is 6.04 Å². The molecule has 2 aromatic rings. The molecule has 1 saturated heterocycles. The Labute approximate surface area is 180 Å². The van der Waals surface area contributed by atoms with Crippen LogP contribution in [-0.2, 0) is 4.74 Å². The van der Waals surface area contributed by atoms with Crippen LogP contribution in [0.15, 0.2) is 43.1 Å². The SMILES string of the molecule is C=C[C@@H]1CCN(C(=O)OCC(F)(F)F)C[C@H]1n1cc(C(N)=O)c(Nc2ccc(F)cc2)n1. The minimum absolute atomic E-state index is 0.0107. The molecule has 1 fully saturated rings. The number of rotatable bonds is 6. The number of nitrogens with two attached hydrogens (primary N) is 1. The second-order valence-corrected chi connectivity index (χ2v) is 7.24. The zero-order valence-corrected chi connectivity index (χ0v) is 16.8. The van der Waals surface area contributed by atoms with Gasteiger partial charge in [-0.25, -0.2) is 9.18 Å². The third-order valence-electron chi connectivity index (χ3n) is 5.00. The first-order valence-electron chi connectivity index (χ1n) is 9.60. The van der Waals surface area contributed by atoms with Gasteiger partial charge in [0.2, 0.25) is 0 Å². The highest BCUT2D eigenvalue weighted by molar-refractivity contribution is 5.98. The summed E-state index contributed by atoms with van der Waals surface area (Å²) < 4.78 is 56.0. The molecule has 3 rings (SSSR count). The highest BCUT2D eigenvalue weighted by atomic mass is 19.4. The number of halogens is 4. The molecule has 2 atom stereocenters. The average molecular weight is 455 g/mol. The number of benzene rings is 1. The molecule has 1 aliphatic heterocycles. The standard InChI is InChI=1S/C20H21F4N5O3/c1-2-12-7-8-28(19(31)32-11-20(22,23)24)10-16(12)29-9-15(17(25)30)18(27-29)26-14-5-3-13(21)4-6-14/h2-6,9,12,16H,1,7-8,10-11H2,(H2,25,30)(H,26,27)/t12-,16-/m1/s1. The number of hydrogen-bond donors (Lipinski definition) is 2. The average Bonchev–Trinajstić information content (AvgIpc) is 3.16. The third kappa shape index (κ3) is 5.56. The highest BCUT2D eigenvalue weighted by Crippen LogP contribution is 2.31. The normalized spacial score (nSPS) is 18.8. The lowest BCUT2D eigenvalue weighted by molar-refractivity contribution is -0.162. The van der Waals surface area contributed by atoms with E-state index < -0.39 is 36.6 Å². The van der Waals surface area contributed by atoms with E-state index in [1.165, 1.54) is 35.1 Å². The van der Waals surface area contributed by atoms with Crippen LogP contribution < -0.4 is 11.1 Å². The van der Waals surface area contributed by atoms with Crippen molar-refractivity contribution in [1.29, 1.82) is 0 Å². The molecule has 0 radical (unpaired) electrons. The van der Waals surface area contributed by atoms with Crippen molar-refractivity contribution in [3.8, 4) is 0 Å². The maximum absolute atomic E-state index is 13.1. The van der Waals surface area contributed by atoms with E-state index in [4.69, 9.17) is 5.73 Å². The molecule has 0 unspecified atom stereocenters. The predicted molar refractivity (Wildman–Crippen MR) is 107 cm³/mol. The fourth-order valence-corrected chi connectivity index (χ4v) is 3.41. The Kier molecular flexibility index (Phi) is 6.70. The summed E-state index contributed by atoms with van der Waals surface area (Å²) in [5, 5.41) is 7.24. The number of primary amides is 1. The van der Waals surface area contributed by atoms with E-state index in [0.29, 0.717) is 12.1 Å². The third-order valence-corrected chi connectivity index (χ3v) is 5.00. The molecule has 1 aromatic heterocycles. The van der Waals surface area contributed by atoms with Crippen LogP contribution in [0.3, 0.4) is 0 Å². The number of ether oxygens (including phenoxy) is 1. The molecule has 0 bridgehead atoms. The van der Waals surface area contributed by atoms with Crippen LogP contribution in [-0.4, -0.2) is 52.6 Å². The van der Waals surface area contributed by atoms with Crippen LogP contribution in [0.5, 0.6) is 0 Å². The summed E-state index contributed by atoms with van der Waals surface area (Å²) in [7, 11) is 0. The molecule has 0 saturated carbocycles. The van der Waals surface area contributed by atoms with Gasteiger partial charge in [0, 0.05) is 30.9 Å². The van der Waals surface area contributed by atoms with E-state index in [1.807, 2.05) is 0 Å². The van der Waals surface area contributed by atoms with E-state index >= 15 is 0 Å². The Morgan fingerprint density at radius 2 is 2.00 bits per heavy atom. The number of carbonyl (C=O) groups excluding carboxylic acids is 2. The number of carbonyl (C=O) groups is 2. The number of piperidine rings is 1. The van der Waals surface area contributed by atoms with Crippen molar-refractivity contribution in [3.05, 3.63) is 54.5 Å². The van der Waals surface area contributed by atoms with Gasteiger partial charge in [-0.2, -0.15) is 18.3 Å².